The van der Waals surface area contributed by atoms with Crippen LogP contribution in [0.4, 0.5) is 0 Å². The summed E-state index contributed by atoms with van der Waals surface area (Å²) >= 11 is 7.40. The van der Waals surface area contributed by atoms with Crippen molar-refractivity contribution in [3.05, 3.63) is 45.7 Å². The molecule has 0 spiro atoms. The van der Waals surface area contributed by atoms with Crippen LogP contribution in [0.2, 0.25) is 0 Å². The van der Waals surface area contributed by atoms with Crippen molar-refractivity contribution in [2.75, 3.05) is 45.8 Å². The first-order chi connectivity index (χ1) is 14.8. The van der Waals surface area contributed by atoms with Crippen molar-refractivity contribution in [1.29, 1.82) is 10.5 Å². The summed E-state index contributed by atoms with van der Waals surface area (Å²) in [7, 11) is 0. The number of nitrogens with zero attached hydrogens (tertiary/aromatic N) is 6. The quantitative estimate of drug-likeness (QED) is 0.226. The predicted molar refractivity (Wildman–Crippen MR) is 133 cm³/mol. The van der Waals surface area contributed by atoms with Crippen LogP contribution >= 0.6 is 0 Å². The molecular weight excluding hydrogens is 467 g/mol. The van der Waals surface area contributed by atoms with Gasteiger partial charge in [0.15, 0.2) is 0 Å². The molecule has 0 N–H and O–H groups in total. The molecule has 4 heterocycles. The average molecular weight is 504 g/mol. The second-order valence-corrected chi connectivity index (χ2v) is 6.88. The fourth-order valence-electron chi connectivity index (χ4n) is 2.58. The van der Waals surface area contributed by atoms with E-state index in [0.29, 0.717) is 0 Å². The minimum atomic E-state index is 0. The van der Waals surface area contributed by atoms with Crippen LogP contribution in [-0.2, 0) is 42.3 Å². The zero-order valence-electron chi connectivity index (χ0n) is 18.5. The molecule has 1 radical (unpaired) electrons. The predicted octanol–water partition coefficient (Wildman–Crippen LogP) is 6.10. The monoisotopic (exact) mass is 503 g/mol. The fourth-order valence-corrected chi connectivity index (χ4v) is 2.58. The number of nitriles is 2. The molecule has 9 heteroatoms. The molecule has 0 aliphatic carbocycles. The number of hydrogen-bond acceptors (Lipinski definition) is 4. The summed E-state index contributed by atoms with van der Waals surface area (Å²) in [6.07, 6.45) is 20.0. The first kappa shape index (κ1) is 34.7. The molecule has 0 atom stereocenters. The second-order valence-electron chi connectivity index (χ2n) is 6.51. The van der Waals surface area contributed by atoms with Crippen LogP contribution in [-0.4, -0.2) is 45.8 Å². The minimum Gasteiger partial charge on any atom is -0.696 e. The summed E-state index contributed by atoms with van der Waals surface area (Å²) < 4.78 is 0. The smallest absolute Gasteiger partial charge is 0 e. The Kier molecular flexibility index (Phi) is 40.8. The summed E-state index contributed by atoms with van der Waals surface area (Å²) in [6, 6.07) is 0. The van der Waals surface area contributed by atoms with E-state index in [4.69, 9.17) is 10.5 Å². The van der Waals surface area contributed by atoms with E-state index in [-0.39, 0.29) is 17.1 Å². The SMILES string of the molecule is C1=CC[N-]C=C1.C1CC[N-]CC1.C1CC[N-]CC1.C1CC[N-]CC1.N#C[S-].N#C[S-].[Mn]. The number of hydrogen-bond donors (Lipinski definition) is 0. The van der Waals surface area contributed by atoms with E-state index in [1.165, 1.54) is 68.6 Å². The van der Waals surface area contributed by atoms with Gasteiger partial charge in [-0.2, -0.15) is 6.20 Å². The van der Waals surface area contributed by atoms with Gasteiger partial charge >= 0.3 is 0 Å². The average Bonchev–Trinajstić information content (AvgIpc) is 2.86. The van der Waals surface area contributed by atoms with Crippen molar-refractivity contribution in [2.24, 2.45) is 0 Å². The molecule has 0 unspecified atom stereocenters. The Morgan fingerprint density at radius 2 is 0.903 bits per heavy atom. The Labute approximate surface area is 212 Å². The van der Waals surface area contributed by atoms with Crippen LogP contribution in [0, 0.1) is 21.3 Å². The van der Waals surface area contributed by atoms with E-state index >= 15 is 0 Å². The molecule has 4 aliphatic rings. The third-order valence-electron chi connectivity index (χ3n) is 4.05. The summed E-state index contributed by atoms with van der Waals surface area (Å²) in [5, 5.41) is 33.4. The van der Waals surface area contributed by atoms with E-state index in [1.807, 2.05) is 18.2 Å². The van der Waals surface area contributed by atoms with Gasteiger partial charge in [-0.25, -0.2) is 10.5 Å². The standard InChI is InChI=1S/3C5H10N.C5H6N.2CHNS.Mn/c4*1-2-4-6-5-3-1;2*2-1-3;/h3*1-5H2;1-4H,5H2;2*3H;/q4*-1;;;/p-2. The Morgan fingerprint density at radius 1 is 0.581 bits per heavy atom. The minimum absolute atomic E-state index is 0. The maximum absolute atomic E-state index is 7.13. The number of rotatable bonds is 0. The van der Waals surface area contributed by atoms with E-state index in [9.17, 15) is 0 Å². The van der Waals surface area contributed by atoms with Gasteiger partial charge in [-0.3, -0.25) is 0 Å². The molecule has 4 aliphatic heterocycles. The number of thiocyanates is 2. The van der Waals surface area contributed by atoms with Gasteiger partial charge in [0.1, 0.15) is 0 Å². The van der Waals surface area contributed by atoms with Gasteiger partial charge in [-0.15, -0.1) is 51.9 Å². The van der Waals surface area contributed by atoms with Crippen molar-refractivity contribution < 1.29 is 17.1 Å². The second kappa shape index (κ2) is 36.5. The maximum atomic E-state index is 7.13. The van der Waals surface area contributed by atoms with E-state index in [2.05, 4.69) is 46.5 Å². The van der Waals surface area contributed by atoms with Gasteiger partial charge in [0.2, 0.25) is 0 Å². The van der Waals surface area contributed by atoms with Gasteiger partial charge in [0.25, 0.3) is 0 Å². The van der Waals surface area contributed by atoms with Crippen LogP contribution in [0.5, 0.6) is 0 Å². The molecule has 0 aromatic heterocycles. The molecule has 0 aromatic carbocycles. The topological polar surface area (TPSA) is 104 Å². The van der Waals surface area contributed by atoms with Crippen molar-refractivity contribution >= 4 is 25.3 Å². The van der Waals surface area contributed by atoms with E-state index in [0.717, 1.165) is 45.8 Å². The molecule has 6 nitrogen and oxygen atoms in total. The third kappa shape index (κ3) is 40.1. The number of allylic oxidation sites excluding steroid dienone is 2. The van der Waals surface area contributed by atoms with Crippen LogP contribution < -0.4 is 0 Å². The molecule has 0 saturated carbocycles. The molecule has 3 fully saturated rings. The summed E-state index contributed by atoms with van der Waals surface area (Å²) in [6.45, 7) is 7.61. The normalized spacial score (nSPS) is 17.7. The first-order valence-electron chi connectivity index (χ1n) is 10.7. The molecule has 0 amide bonds. The number of piperidine rings is 3. The van der Waals surface area contributed by atoms with Crippen molar-refractivity contribution in [1.82, 2.24) is 0 Å². The summed E-state index contributed by atoms with van der Waals surface area (Å²) in [4.78, 5) is 0. The van der Waals surface area contributed by atoms with Crippen LogP contribution in [0.25, 0.3) is 21.3 Å². The van der Waals surface area contributed by atoms with Crippen molar-refractivity contribution in [3.63, 3.8) is 0 Å². The van der Waals surface area contributed by atoms with Gasteiger partial charge in [0.05, 0.1) is 0 Å². The Hall–Kier alpha value is -0.901. The molecule has 179 valence electrons. The van der Waals surface area contributed by atoms with Crippen LogP contribution in [0.15, 0.2) is 24.4 Å². The van der Waals surface area contributed by atoms with Crippen LogP contribution in [0.1, 0.15) is 57.8 Å². The first-order valence-corrected chi connectivity index (χ1v) is 11.6. The van der Waals surface area contributed by atoms with Crippen molar-refractivity contribution in [3.8, 4) is 10.8 Å². The molecular formula is C22H36MnN6S2-6. The molecule has 3 saturated heterocycles. The van der Waals surface area contributed by atoms with E-state index in [1.54, 1.807) is 6.20 Å². The third-order valence-corrected chi connectivity index (χ3v) is 4.05. The van der Waals surface area contributed by atoms with Crippen LogP contribution in [0.3, 0.4) is 0 Å². The van der Waals surface area contributed by atoms with Gasteiger partial charge in [-0.1, -0.05) is 80.7 Å². The Bertz CT molecular complexity index is 365. The molecule has 31 heavy (non-hydrogen) atoms. The molecule has 4 rings (SSSR count). The van der Waals surface area contributed by atoms with Gasteiger partial charge in [0, 0.05) is 17.1 Å². The Balaban J connectivity index is -0.000000309. The summed E-state index contributed by atoms with van der Waals surface area (Å²) in [5.41, 5.74) is 0. The largest absolute Gasteiger partial charge is 0.696 e. The zero-order valence-corrected chi connectivity index (χ0v) is 21.3. The van der Waals surface area contributed by atoms with Gasteiger partial charge < -0.3 is 46.5 Å². The Morgan fingerprint density at radius 3 is 0.968 bits per heavy atom. The molecule has 0 aromatic rings. The van der Waals surface area contributed by atoms with Gasteiger partial charge in [-0.05, 0) is 0 Å². The fraction of sp³-hybridized carbons (Fsp3) is 0.727. The van der Waals surface area contributed by atoms with Crippen molar-refractivity contribution in [2.45, 2.75) is 57.8 Å². The zero-order chi connectivity index (χ0) is 22.4. The molecule has 0 bridgehead atoms. The maximum Gasteiger partial charge on any atom is 0 e. The summed E-state index contributed by atoms with van der Waals surface area (Å²) in [5.74, 6) is 0. The van der Waals surface area contributed by atoms with E-state index < -0.39 is 0 Å².